The zero-order valence-electron chi connectivity index (χ0n) is 16.3. The fourth-order valence-electron chi connectivity index (χ4n) is 2.81. The Labute approximate surface area is 164 Å². The number of carbonyl (C=O) groups is 1. The van der Waals surface area contributed by atoms with Crippen LogP contribution in [0.5, 0.6) is 0 Å². The van der Waals surface area contributed by atoms with Crippen molar-refractivity contribution in [1.82, 2.24) is 4.73 Å². The summed E-state index contributed by atoms with van der Waals surface area (Å²) < 4.78 is 1.86. The molecule has 0 bridgehead atoms. The van der Waals surface area contributed by atoms with Gasteiger partial charge in [0.05, 0.1) is 0 Å². The van der Waals surface area contributed by atoms with Crippen LogP contribution < -0.4 is 4.84 Å². The minimum absolute atomic E-state index is 0.217. The monoisotopic (exact) mass is 377 g/mol. The van der Waals surface area contributed by atoms with Crippen LogP contribution in [0.3, 0.4) is 0 Å². The summed E-state index contributed by atoms with van der Waals surface area (Å²) in [6.45, 7) is 2.26. The van der Waals surface area contributed by atoms with Gasteiger partial charge in [-0.3, -0.25) is 0 Å². The van der Waals surface area contributed by atoms with Gasteiger partial charge >= 0.3 is 5.97 Å². The van der Waals surface area contributed by atoms with E-state index in [0.29, 0.717) is 11.1 Å². The zero-order chi connectivity index (χ0) is 18.9. The molecule has 0 saturated carbocycles. The quantitative estimate of drug-likeness (QED) is 0.191. The second-order valence-corrected chi connectivity index (χ2v) is 7.23. The van der Waals surface area contributed by atoms with Crippen molar-refractivity contribution in [1.29, 1.82) is 0 Å². The normalized spacial score (nSPS) is 11.1. The number of nitrogens with zero attached hydrogens (tertiary/aromatic N) is 1. The van der Waals surface area contributed by atoms with Gasteiger partial charge in [-0.2, -0.15) is 4.73 Å². The number of rotatable bonds is 15. The summed E-state index contributed by atoms with van der Waals surface area (Å²) in [6.07, 6.45) is 21.6. The molecule has 1 heterocycles. The minimum Gasteiger partial charge on any atom is -0.336 e. The highest BCUT2D eigenvalue weighted by Gasteiger charge is 2.04. The van der Waals surface area contributed by atoms with E-state index in [1.54, 1.807) is 18.3 Å². The van der Waals surface area contributed by atoms with E-state index >= 15 is 0 Å². The predicted octanol–water partition coefficient (Wildman–Crippen LogP) is 6.82. The van der Waals surface area contributed by atoms with Crippen molar-refractivity contribution >= 4 is 18.2 Å². The smallest absolute Gasteiger partial charge is 0.332 e. The number of aromatic nitrogens is 1. The molecule has 0 aliphatic carbocycles. The fraction of sp³-hybridized carbons (Fsp3) is 0.636. The molecule has 4 heteroatoms. The summed E-state index contributed by atoms with van der Waals surface area (Å²) in [5, 5.41) is 0. The van der Waals surface area contributed by atoms with Crippen molar-refractivity contribution in [2.24, 2.45) is 0 Å². The Hall–Kier alpha value is -1.42. The molecule has 0 amide bonds. The molecule has 1 aromatic heterocycles. The number of carbonyl (C=O) groups excluding carboxylic acids is 1. The molecule has 0 fully saturated rings. The maximum Gasteiger partial charge on any atom is 0.332 e. The maximum absolute atomic E-state index is 11.8. The standard InChI is InChI=1S/C22H35NO2S/c1-2-3-4-5-6-7-8-9-10-11-12-13-14-15-19-22(24)25-23-20-17-16-18-21(23)26/h9-10,16-18,20H,2-8,11-15,19H2,1H3/b10-9-. The molecular weight excluding hydrogens is 342 g/mol. The molecule has 0 aliphatic rings. The second kappa shape index (κ2) is 15.8. The number of hydrogen-bond acceptors (Lipinski definition) is 3. The van der Waals surface area contributed by atoms with E-state index in [0.717, 1.165) is 19.3 Å². The van der Waals surface area contributed by atoms with Crippen molar-refractivity contribution in [3.05, 3.63) is 41.2 Å². The van der Waals surface area contributed by atoms with E-state index in [4.69, 9.17) is 17.1 Å². The summed E-state index contributed by atoms with van der Waals surface area (Å²) >= 11 is 5.09. The van der Waals surface area contributed by atoms with Crippen molar-refractivity contribution in [3.63, 3.8) is 0 Å². The van der Waals surface area contributed by atoms with Crippen LogP contribution >= 0.6 is 12.2 Å². The van der Waals surface area contributed by atoms with Crippen LogP contribution in [0.25, 0.3) is 0 Å². The zero-order valence-corrected chi connectivity index (χ0v) is 17.1. The molecular formula is C22H35NO2S. The third-order valence-electron chi connectivity index (χ3n) is 4.38. The molecule has 0 spiro atoms. The molecule has 1 aromatic rings. The van der Waals surface area contributed by atoms with Gasteiger partial charge in [0.15, 0.2) is 0 Å². The first-order valence-corrected chi connectivity index (χ1v) is 10.7. The largest absolute Gasteiger partial charge is 0.336 e. The molecule has 0 radical (unpaired) electrons. The van der Waals surface area contributed by atoms with Crippen molar-refractivity contribution in [2.45, 2.75) is 90.4 Å². The Balaban J connectivity index is 1.91. The van der Waals surface area contributed by atoms with E-state index in [-0.39, 0.29) is 5.97 Å². The minimum atomic E-state index is -0.217. The van der Waals surface area contributed by atoms with Crippen molar-refractivity contribution in [2.75, 3.05) is 0 Å². The topological polar surface area (TPSA) is 31.2 Å². The van der Waals surface area contributed by atoms with Crippen molar-refractivity contribution in [3.8, 4) is 0 Å². The molecule has 0 unspecified atom stereocenters. The SMILES string of the molecule is CCCCCCCC/C=C\CCCCCCC(=O)On1ccccc1=S. The van der Waals surface area contributed by atoms with Gasteiger partial charge < -0.3 is 4.84 Å². The Morgan fingerprint density at radius 1 is 0.962 bits per heavy atom. The Morgan fingerprint density at radius 2 is 1.58 bits per heavy atom. The van der Waals surface area contributed by atoms with Crippen LogP contribution in [0.1, 0.15) is 90.4 Å². The van der Waals surface area contributed by atoms with E-state index in [2.05, 4.69) is 19.1 Å². The average Bonchev–Trinajstić information content (AvgIpc) is 2.64. The van der Waals surface area contributed by atoms with Gasteiger partial charge in [-0.25, -0.2) is 4.79 Å². The van der Waals surface area contributed by atoms with Crippen LogP contribution in [0, 0.1) is 4.64 Å². The summed E-state index contributed by atoms with van der Waals surface area (Å²) in [7, 11) is 0. The van der Waals surface area contributed by atoms with Crippen LogP contribution in [0.2, 0.25) is 0 Å². The number of pyridine rings is 1. The third-order valence-corrected chi connectivity index (χ3v) is 4.70. The number of unbranched alkanes of at least 4 members (excludes halogenated alkanes) is 10. The second-order valence-electron chi connectivity index (χ2n) is 6.81. The summed E-state index contributed by atoms with van der Waals surface area (Å²) in [6, 6.07) is 5.36. The van der Waals surface area contributed by atoms with Crippen LogP contribution in [-0.4, -0.2) is 10.7 Å². The highest BCUT2D eigenvalue weighted by molar-refractivity contribution is 7.71. The third kappa shape index (κ3) is 12.0. The van der Waals surface area contributed by atoms with Gasteiger partial charge in [-0.1, -0.05) is 82.3 Å². The van der Waals surface area contributed by atoms with Gasteiger partial charge in [-0.05, 0) is 44.2 Å². The lowest BCUT2D eigenvalue weighted by Crippen LogP contribution is -2.19. The molecule has 3 nitrogen and oxygen atoms in total. The molecule has 146 valence electrons. The maximum atomic E-state index is 11.8. The first-order valence-electron chi connectivity index (χ1n) is 10.3. The highest BCUT2D eigenvalue weighted by atomic mass is 32.1. The first-order chi connectivity index (χ1) is 12.7. The van der Waals surface area contributed by atoms with E-state index < -0.39 is 0 Å². The van der Waals surface area contributed by atoms with E-state index in [1.807, 2.05) is 6.07 Å². The lowest BCUT2D eigenvalue weighted by atomic mass is 10.1. The molecule has 1 rings (SSSR count). The van der Waals surface area contributed by atoms with E-state index in [1.165, 1.54) is 62.5 Å². The molecule has 0 N–H and O–H groups in total. The summed E-state index contributed by atoms with van der Waals surface area (Å²) in [5.74, 6) is -0.217. The van der Waals surface area contributed by atoms with Gasteiger partial charge in [0.2, 0.25) is 0 Å². The van der Waals surface area contributed by atoms with Gasteiger partial charge in [0.25, 0.3) is 0 Å². The Morgan fingerprint density at radius 3 is 2.23 bits per heavy atom. The summed E-state index contributed by atoms with van der Waals surface area (Å²) in [4.78, 5) is 17.0. The molecule has 0 saturated heterocycles. The van der Waals surface area contributed by atoms with Crippen LogP contribution in [-0.2, 0) is 4.79 Å². The van der Waals surface area contributed by atoms with Crippen LogP contribution in [0.4, 0.5) is 0 Å². The van der Waals surface area contributed by atoms with E-state index in [9.17, 15) is 4.79 Å². The lowest BCUT2D eigenvalue weighted by molar-refractivity contribution is -0.144. The summed E-state index contributed by atoms with van der Waals surface area (Å²) in [5.41, 5.74) is 0. The Kier molecular flexibility index (Phi) is 13.8. The number of hydrogen-bond donors (Lipinski definition) is 0. The van der Waals surface area contributed by atoms with Gasteiger partial charge in [0.1, 0.15) is 4.64 Å². The Bertz CT molecular complexity index is 565. The van der Waals surface area contributed by atoms with Gasteiger partial charge in [0, 0.05) is 12.6 Å². The highest BCUT2D eigenvalue weighted by Crippen LogP contribution is 2.09. The fourth-order valence-corrected chi connectivity index (χ4v) is 2.98. The molecule has 0 aliphatic heterocycles. The van der Waals surface area contributed by atoms with Crippen LogP contribution in [0.15, 0.2) is 36.5 Å². The number of allylic oxidation sites excluding steroid dienone is 2. The predicted molar refractivity (Wildman–Crippen MR) is 112 cm³/mol. The van der Waals surface area contributed by atoms with Crippen molar-refractivity contribution < 1.29 is 9.63 Å². The first kappa shape index (κ1) is 22.6. The lowest BCUT2D eigenvalue weighted by Gasteiger charge is -2.06. The molecule has 0 atom stereocenters. The molecule has 26 heavy (non-hydrogen) atoms. The van der Waals surface area contributed by atoms with Gasteiger partial charge in [-0.15, -0.1) is 0 Å². The molecule has 0 aromatic carbocycles. The average molecular weight is 378 g/mol.